The fourth-order valence-corrected chi connectivity index (χ4v) is 4.36. The van der Waals surface area contributed by atoms with Crippen LogP contribution in [0.5, 0.6) is 0 Å². The van der Waals surface area contributed by atoms with Crippen LogP contribution in [0, 0.1) is 5.92 Å². The van der Waals surface area contributed by atoms with Crippen molar-refractivity contribution in [2.24, 2.45) is 5.92 Å². The normalized spacial score (nSPS) is 30.7. The van der Waals surface area contributed by atoms with E-state index in [9.17, 15) is 9.59 Å². The first-order valence-corrected chi connectivity index (χ1v) is 9.10. The molecular formula is C17H29N3O2. The van der Waals surface area contributed by atoms with Crippen LogP contribution in [0.15, 0.2) is 0 Å². The average molecular weight is 307 g/mol. The molecule has 5 heteroatoms. The Labute approximate surface area is 133 Å². The summed E-state index contributed by atoms with van der Waals surface area (Å²) in [4.78, 5) is 26.7. The van der Waals surface area contributed by atoms with Gasteiger partial charge in [-0.25, -0.2) is 4.79 Å². The van der Waals surface area contributed by atoms with E-state index >= 15 is 0 Å². The largest absolute Gasteiger partial charge is 0.354 e. The van der Waals surface area contributed by atoms with E-state index in [4.69, 9.17) is 0 Å². The Bertz CT molecular complexity index is 407. The van der Waals surface area contributed by atoms with Gasteiger partial charge in [-0.05, 0) is 50.9 Å². The highest BCUT2D eigenvalue weighted by molar-refractivity contribution is 5.87. The third kappa shape index (κ3) is 3.55. The molecule has 3 aliphatic rings. The van der Waals surface area contributed by atoms with Gasteiger partial charge in [0.15, 0.2) is 0 Å². The molecule has 3 rings (SSSR count). The highest BCUT2D eigenvalue weighted by atomic mass is 16.2. The van der Waals surface area contributed by atoms with Crippen molar-refractivity contribution in [3.63, 3.8) is 0 Å². The zero-order valence-corrected chi connectivity index (χ0v) is 13.5. The highest BCUT2D eigenvalue weighted by Crippen LogP contribution is 2.34. The Balaban J connectivity index is 1.59. The molecular weight excluding hydrogens is 278 g/mol. The molecule has 22 heavy (non-hydrogen) atoms. The maximum absolute atomic E-state index is 12.7. The predicted molar refractivity (Wildman–Crippen MR) is 85.5 cm³/mol. The number of urea groups is 1. The molecule has 0 aromatic carbocycles. The molecule has 5 nitrogen and oxygen atoms in total. The molecule has 1 aliphatic carbocycles. The molecule has 2 heterocycles. The Kier molecular flexibility index (Phi) is 5.21. The van der Waals surface area contributed by atoms with E-state index in [1.807, 2.05) is 4.90 Å². The van der Waals surface area contributed by atoms with Crippen LogP contribution in [0.3, 0.4) is 0 Å². The number of likely N-dealkylation sites (tertiary alicyclic amines) is 1. The zero-order chi connectivity index (χ0) is 15.4. The zero-order valence-electron chi connectivity index (χ0n) is 13.5. The minimum Gasteiger partial charge on any atom is -0.354 e. The molecule has 0 aromatic heterocycles. The molecule has 1 saturated carbocycles. The summed E-state index contributed by atoms with van der Waals surface area (Å²) in [5, 5.41) is 5.89. The molecule has 2 saturated heterocycles. The molecule has 3 amide bonds. The first kappa shape index (κ1) is 15.6. The third-order valence-electron chi connectivity index (χ3n) is 5.59. The number of hydrogen-bond acceptors (Lipinski definition) is 2. The molecule has 2 aliphatic heterocycles. The summed E-state index contributed by atoms with van der Waals surface area (Å²) in [6, 6.07) is 0.0341. The molecule has 0 spiro atoms. The van der Waals surface area contributed by atoms with Gasteiger partial charge >= 0.3 is 6.03 Å². The predicted octanol–water partition coefficient (Wildman–Crippen LogP) is 2.41. The van der Waals surface area contributed by atoms with Gasteiger partial charge in [0.05, 0.1) is 0 Å². The first-order chi connectivity index (χ1) is 10.8. The van der Waals surface area contributed by atoms with Crippen LogP contribution in [0.1, 0.15) is 64.2 Å². The fourth-order valence-electron chi connectivity index (χ4n) is 4.36. The van der Waals surface area contributed by atoms with Crippen LogP contribution in [0.2, 0.25) is 0 Å². The van der Waals surface area contributed by atoms with Gasteiger partial charge in [-0.3, -0.25) is 4.79 Å². The average Bonchev–Trinajstić information content (AvgIpc) is 2.95. The van der Waals surface area contributed by atoms with Crippen LogP contribution >= 0.6 is 0 Å². The quantitative estimate of drug-likeness (QED) is 0.823. The monoisotopic (exact) mass is 307 g/mol. The molecule has 2 N–H and O–H groups in total. The van der Waals surface area contributed by atoms with Crippen LogP contribution in [-0.2, 0) is 4.79 Å². The summed E-state index contributed by atoms with van der Waals surface area (Å²) >= 11 is 0. The van der Waals surface area contributed by atoms with E-state index in [1.54, 1.807) is 0 Å². The lowest BCUT2D eigenvalue weighted by Crippen LogP contribution is -2.52. The van der Waals surface area contributed by atoms with E-state index in [-0.39, 0.29) is 18.0 Å². The number of carbonyl (C=O) groups is 2. The van der Waals surface area contributed by atoms with Crippen molar-refractivity contribution in [2.45, 2.75) is 76.3 Å². The number of carbonyl (C=O) groups excluding carboxylic acids is 2. The SMILES string of the molecule is O=C1NCCCC[C@H]1NC(=O)N1CCC[C@@H]1C1CCCCC1. The van der Waals surface area contributed by atoms with Crippen molar-refractivity contribution in [3.8, 4) is 0 Å². The molecule has 0 unspecified atom stereocenters. The summed E-state index contributed by atoms with van der Waals surface area (Å²) in [6.07, 6.45) is 11.5. The minimum absolute atomic E-state index is 0.0146. The van der Waals surface area contributed by atoms with Crippen LogP contribution in [0.4, 0.5) is 4.79 Å². The van der Waals surface area contributed by atoms with Crippen molar-refractivity contribution in [3.05, 3.63) is 0 Å². The smallest absolute Gasteiger partial charge is 0.318 e. The molecule has 124 valence electrons. The van der Waals surface area contributed by atoms with Gasteiger partial charge in [0.25, 0.3) is 0 Å². The highest BCUT2D eigenvalue weighted by Gasteiger charge is 2.36. The van der Waals surface area contributed by atoms with Crippen molar-refractivity contribution >= 4 is 11.9 Å². The van der Waals surface area contributed by atoms with Gasteiger partial charge in [-0.2, -0.15) is 0 Å². The number of nitrogens with zero attached hydrogens (tertiary/aromatic N) is 1. The number of amides is 3. The van der Waals surface area contributed by atoms with Gasteiger partial charge in [0.1, 0.15) is 6.04 Å². The van der Waals surface area contributed by atoms with E-state index in [0.29, 0.717) is 12.0 Å². The lowest BCUT2D eigenvalue weighted by molar-refractivity contribution is -0.122. The van der Waals surface area contributed by atoms with E-state index in [1.165, 1.54) is 32.1 Å². The van der Waals surface area contributed by atoms with Crippen LogP contribution < -0.4 is 10.6 Å². The maximum Gasteiger partial charge on any atom is 0.318 e. The standard InChI is InChI=1S/C17H29N3O2/c21-16-14(9-4-5-11-18-16)19-17(22)20-12-6-10-15(20)13-7-2-1-3-8-13/h13-15H,1-12H2,(H,18,21)(H,19,22)/t14-,15-/m1/s1. The van der Waals surface area contributed by atoms with Gasteiger partial charge in [-0.1, -0.05) is 19.3 Å². The van der Waals surface area contributed by atoms with Gasteiger partial charge in [0, 0.05) is 19.1 Å². The summed E-state index contributed by atoms with van der Waals surface area (Å²) < 4.78 is 0. The van der Waals surface area contributed by atoms with Crippen molar-refractivity contribution in [1.82, 2.24) is 15.5 Å². The van der Waals surface area contributed by atoms with Gasteiger partial charge in [0.2, 0.25) is 5.91 Å². The van der Waals surface area contributed by atoms with Gasteiger partial charge < -0.3 is 15.5 Å². The first-order valence-electron chi connectivity index (χ1n) is 9.10. The molecule has 3 fully saturated rings. The summed E-state index contributed by atoms with van der Waals surface area (Å²) in [5.41, 5.74) is 0. The van der Waals surface area contributed by atoms with E-state index in [2.05, 4.69) is 10.6 Å². The minimum atomic E-state index is -0.345. The number of rotatable bonds is 2. The number of hydrogen-bond donors (Lipinski definition) is 2. The second-order valence-corrected chi connectivity index (χ2v) is 7.09. The Morgan fingerprint density at radius 1 is 1.00 bits per heavy atom. The molecule has 0 bridgehead atoms. The van der Waals surface area contributed by atoms with Crippen molar-refractivity contribution in [2.75, 3.05) is 13.1 Å². The lowest BCUT2D eigenvalue weighted by atomic mass is 9.83. The fraction of sp³-hybridized carbons (Fsp3) is 0.882. The van der Waals surface area contributed by atoms with Gasteiger partial charge in [-0.15, -0.1) is 0 Å². The Morgan fingerprint density at radius 3 is 2.59 bits per heavy atom. The summed E-state index contributed by atoms with van der Waals surface area (Å²) in [6.45, 7) is 1.58. The van der Waals surface area contributed by atoms with E-state index < -0.39 is 0 Å². The molecule has 0 aromatic rings. The second kappa shape index (κ2) is 7.34. The van der Waals surface area contributed by atoms with Crippen molar-refractivity contribution < 1.29 is 9.59 Å². The summed E-state index contributed by atoms with van der Waals surface area (Å²) in [5.74, 6) is 0.657. The van der Waals surface area contributed by atoms with Crippen molar-refractivity contribution in [1.29, 1.82) is 0 Å². The maximum atomic E-state index is 12.7. The lowest BCUT2D eigenvalue weighted by Gasteiger charge is -2.34. The van der Waals surface area contributed by atoms with Crippen LogP contribution in [-0.4, -0.2) is 42.0 Å². The Hall–Kier alpha value is -1.26. The molecule has 0 radical (unpaired) electrons. The second-order valence-electron chi connectivity index (χ2n) is 7.09. The summed E-state index contributed by atoms with van der Waals surface area (Å²) in [7, 11) is 0. The topological polar surface area (TPSA) is 61.4 Å². The van der Waals surface area contributed by atoms with E-state index in [0.717, 1.165) is 45.2 Å². The Morgan fingerprint density at radius 2 is 1.77 bits per heavy atom. The van der Waals surface area contributed by atoms with Crippen LogP contribution in [0.25, 0.3) is 0 Å². The molecule has 2 atom stereocenters. The number of nitrogens with one attached hydrogen (secondary N) is 2. The third-order valence-corrected chi connectivity index (χ3v) is 5.59.